The number of anilines is 1. The van der Waals surface area contributed by atoms with Crippen molar-refractivity contribution in [2.45, 2.75) is 33.2 Å². The Morgan fingerprint density at radius 1 is 1.10 bits per heavy atom. The zero-order valence-electron chi connectivity index (χ0n) is 17.8. The quantitative estimate of drug-likeness (QED) is 0.525. The Hall–Kier alpha value is -3.26. The normalized spacial score (nSPS) is 12.6. The predicted molar refractivity (Wildman–Crippen MR) is 122 cm³/mol. The Labute approximate surface area is 185 Å². The van der Waals surface area contributed by atoms with Crippen molar-refractivity contribution >= 4 is 28.3 Å². The summed E-state index contributed by atoms with van der Waals surface area (Å²) in [6, 6.07) is 16.3. The fourth-order valence-corrected chi connectivity index (χ4v) is 3.68. The Balaban J connectivity index is 1.62. The van der Waals surface area contributed by atoms with E-state index >= 15 is 0 Å². The molecule has 0 aliphatic heterocycles. The molecule has 0 radical (unpaired) electrons. The third kappa shape index (κ3) is 6.36. The van der Waals surface area contributed by atoms with Gasteiger partial charge in [0.1, 0.15) is 16.8 Å². The molecule has 0 bridgehead atoms. The average molecular weight is 439 g/mol. The zero-order valence-corrected chi connectivity index (χ0v) is 18.6. The zero-order chi connectivity index (χ0) is 22.2. The second-order valence-electron chi connectivity index (χ2n) is 7.30. The average Bonchev–Trinajstić information content (AvgIpc) is 3.24. The predicted octanol–water partition coefficient (Wildman–Crippen LogP) is 4.06. The molecule has 2 amide bonds. The standard InChI is InChI=1S/C23H26N4O3S/c1-4-16(3)20(24-19(28)14-30-18-11-6-5-7-12-18)21(29)25-23-27-26-22(31-23)17-10-8-9-15(2)13-17/h5-13,16,20H,4,14H2,1-3H3,(H,24,28)(H,25,27,29). The lowest BCUT2D eigenvalue weighted by Crippen LogP contribution is -2.49. The van der Waals surface area contributed by atoms with Crippen LogP contribution in [0.15, 0.2) is 54.6 Å². The van der Waals surface area contributed by atoms with Gasteiger partial charge in [0.15, 0.2) is 6.61 Å². The van der Waals surface area contributed by atoms with Crippen LogP contribution in [0.5, 0.6) is 5.75 Å². The first-order valence-corrected chi connectivity index (χ1v) is 11.0. The number of carbonyl (C=O) groups is 2. The van der Waals surface area contributed by atoms with E-state index in [1.807, 2.05) is 63.2 Å². The first-order valence-electron chi connectivity index (χ1n) is 10.1. The van der Waals surface area contributed by atoms with Crippen LogP contribution in [-0.2, 0) is 9.59 Å². The molecule has 3 rings (SSSR count). The van der Waals surface area contributed by atoms with Crippen molar-refractivity contribution in [1.29, 1.82) is 0 Å². The maximum Gasteiger partial charge on any atom is 0.258 e. The molecule has 162 valence electrons. The Kier molecular flexibility index (Phi) is 7.72. The minimum absolute atomic E-state index is 0.0650. The molecule has 0 aliphatic carbocycles. The molecule has 3 aromatic rings. The van der Waals surface area contributed by atoms with E-state index in [-0.39, 0.29) is 24.3 Å². The molecule has 31 heavy (non-hydrogen) atoms. The summed E-state index contributed by atoms with van der Waals surface area (Å²) in [5.41, 5.74) is 2.07. The number of carbonyl (C=O) groups excluding carboxylic acids is 2. The summed E-state index contributed by atoms with van der Waals surface area (Å²) >= 11 is 1.29. The molecular formula is C23H26N4O3S. The number of rotatable bonds is 9. The Morgan fingerprint density at radius 3 is 2.58 bits per heavy atom. The number of para-hydroxylation sites is 1. The smallest absolute Gasteiger partial charge is 0.258 e. The fraction of sp³-hybridized carbons (Fsp3) is 0.304. The number of aromatic nitrogens is 2. The molecule has 2 N–H and O–H groups in total. The highest BCUT2D eigenvalue weighted by Crippen LogP contribution is 2.27. The summed E-state index contributed by atoms with van der Waals surface area (Å²) in [5.74, 6) is -0.152. The minimum atomic E-state index is -0.705. The van der Waals surface area contributed by atoms with Gasteiger partial charge in [-0.25, -0.2) is 0 Å². The van der Waals surface area contributed by atoms with Crippen molar-refractivity contribution in [3.8, 4) is 16.3 Å². The van der Waals surface area contributed by atoms with Crippen molar-refractivity contribution in [3.05, 3.63) is 60.2 Å². The molecule has 0 saturated heterocycles. The lowest BCUT2D eigenvalue weighted by atomic mass is 9.98. The van der Waals surface area contributed by atoms with E-state index in [2.05, 4.69) is 20.8 Å². The maximum absolute atomic E-state index is 12.9. The van der Waals surface area contributed by atoms with E-state index in [0.717, 1.165) is 22.6 Å². The van der Waals surface area contributed by atoms with Crippen molar-refractivity contribution in [2.75, 3.05) is 11.9 Å². The van der Waals surface area contributed by atoms with Gasteiger partial charge in [0.25, 0.3) is 5.91 Å². The number of ether oxygens (including phenoxy) is 1. The van der Waals surface area contributed by atoms with Crippen LogP contribution in [0, 0.1) is 12.8 Å². The molecular weight excluding hydrogens is 412 g/mol. The number of amides is 2. The van der Waals surface area contributed by atoms with Crippen LogP contribution in [0.1, 0.15) is 25.8 Å². The Morgan fingerprint density at radius 2 is 1.87 bits per heavy atom. The van der Waals surface area contributed by atoms with Gasteiger partial charge in [-0.1, -0.05) is 73.6 Å². The fourth-order valence-electron chi connectivity index (χ4n) is 2.93. The van der Waals surface area contributed by atoms with Crippen LogP contribution < -0.4 is 15.4 Å². The van der Waals surface area contributed by atoms with E-state index in [4.69, 9.17) is 4.74 Å². The van der Waals surface area contributed by atoms with Gasteiger partial charge in [0.05, 0.1) is 0 Å². The van der Waals surface area contributed by atoms with Crippen LogP contribution >= 0.6 is 11.3 Å². The van der Waals surface area contributed by atoms with E-state index in [1.165, 1.54) is 11.3 Å². The van der Waals surface area contributed by atoms with Gasteiger partial charge in [-0.3, -0.25) is 14.9 Å². The van der Waals surface area contributed by atoms with Crippen molar-refractivity contribution in [1.82, 2.24) is 15.5 Å². The van der Waals surface area contributed by atoms with Crippen LogP contribution in [0.3, 0.4) is 0 Å². The number of nitrogens with one attached hydrogen (secondary N) is 2. The van der Waals surface area contributed by atoms with E-state index in [0.29, 0.717) is 10.9 Å². The van der Waals surface area contributed by atoms with Crippen LogP contribution in [0.25, 0.3) is 10.6 Å². The van der Waals surface area contributed by atoms with Crippen LogP contribution in [0.2, 0.25) is 0 Å². The largest absolute Gasteiger partial charge is 0.484 e. The van der Waals surface area contributed by atoms with Gasteiger partial charge in [-0.15, -0.1) is 10.2 Å². The number of aryl methyl sites for hydroxylation is 1. The molecule has 2 atom stereocenters. The van der Waals surface area contributed by atoms with Gasteiger partial charge in [0.2, 0.25) is 11.0 Å². The third-order valence-electron chi connectivity index (χ3n) is 4.85. The minimum Gasteiger partial charge on any atom is -0.484 e. The first kappa shape index (κ1) is 22.4. The van der Waals surface area contributed by atoms with Crippen molar-refractivity contribution < 1.29 is 14.3 Å². The van der Waals surface area contributed by atoms with E-state index in [1.54, 1.807) is 12.1 Å². The summed E-state index contributed by atoms with van der Waals surface area (Å²) in [6.07, 6.45) is 0.725. The molecule has 1 heterocycles. The summed E-state index contributed by atoms with van der Waals surface area (Å²) in [6.45, 7) is 5.73. The maximum atomic E-state index is 12.9. The summed E-state index contributed by atoms with van der Waals surface area (Å²) < 4.78 is 5.48. The number of benzene rings is 2. The van der Waals surface area contributed by atoms with E-state index < -0.39 is 6.04 Å². The first-order chi connectivity index (χ1) is 15.0. The van der Waals surface area contributed by atoms with Crippen molar-refractivity contribution in [3.63, 3.8) is 0 Å². The van der Waals surface area contributed by atoms with Gasteiger partial charge in [-0.2, -0.15) is 0 Å². The SMILES string of the molecule is CCC(C)C(NC(=O)COc1ccccc1)C(=O)Nc1nnc(-c2cccc(C)c2)s1. The monoisotopic (exact) mass is 438 g/mol. The lowest BCUT2D eigenvalue weighted by Gasteiger charge is -2.23. The summed E-state index contributed by atoms with van der Waals surface area (Å²) in [4.78, 5) is 25.3. The number of hydrogen-bond acceptors (Lipinski definition) is 6. The van der Waals surface area contributed by atoms with Crippen LogP contribution in [0.4, 0.5) is 5.13 Å². The highest BCUT2D eigenvalue weighted by atomic mass is 32.1. The number of nitrogens with zero attached hydrogens (tertiary/aromatic N) is 2. The summed E-state index contributed by atoms with van der Waals surface area (Å²) in [7, 11) is 0. The molecule has 2 aromatic carbocycles. The molecule has 7 nitrogen and oxygen atoms in total. The molecule has 0 fully saturated rings. The molecule has 2 unspecified atom stereocenters. The van der Waals surface area contributed by atoms with Crippen molar-refractivity contribution in [2.24, 2.45) is 5.92 Å². The molecule has 1 aromatic heterocycles. The molecule has 0 saturated carbocycles. The van der Waals surface area contributed by atoms with Gasteiger partial charge in [-0.05, 0) is 31.0 Å². The Bertz CT molecular complexity index is 1020. The third-order valence-corrected chi connectivity index (χ3v) is 5.73. The second kappa shape index (κ2) is 10.7. The van der Waals surface area contributed by atoms with Crippen LogP contribution in [-0.4, -0.2) is 34.7 Å². The molecule has 8 heteroatoms. The van der Waals surface area contributed by atoms with Gasteiger partial charge < -0.3 is 10.1 Å². The number of hydrogen-bond donors (Lipinski definition) is 2. The van der Waals surface area contributed by atoms with Gasteiger partial charge >= 0.3 is 0 Å². The topological polar surface area (TPSA) is 93.2 Å². The highest BCUT2D eigenvalue weighted by Gasteiger charge is 2.27. The van der Waals surface area contributed by atoms with Gasteiger partial charge in [0, 0.05) is 5.56 Å². The summed E-state index contributed by atoms with van der Waals surface area (Å²) in [5, 5.41) is 15.0. The second-order valence-corrected chi connectivity index (χ2v) is 8.28. The molecule has 0 spiro atoms. The molecule has 0 aliphatic rings. The lowest BCUT2D eigenvalue weighted by molar-refractivity contribution is -0.128. The van der Waals surface area contributed by atoms with E-state index in [9.17, 15) is 9.59 Å². The highest BCUT2D eigenvalue weighted by molar-refractivity contribution is 7.18.